The molecule has 0 radical (unpaired) electrons. The van der Waals surface area contributed by atoms with Crippen molar-refractivity contribution in [3.63, 3.8) is 0 Å². The molecule has 0 saturated carbocycles. The number of nitrogens with two attached hydrogens (primary N) is 1. The predicted octanol–water partition coefficient (Wildman–Crippen LogP) is 2.78. The summed E-state index contributed by atoms with van der Waals surface area (Å²) < 4.78 is 0. The summed E-state index contributed by atoms with van der Waals surface area (Å²) in [6, 6.07) is 9.57. The molecule has 0 aliphatic heterocycles. The fraction of sp³-hybridized carbons (Fsp3) is 0.462. The van der Waals surface area contributed by atoms with E-state index in [0.717, 1.165) is 24.8 Å². The number of carbonyl (C=O) groups is 1. The molecule has 0 bridgehead atoms. The van der Waals surface area contributed by atoms with Crippen molar-refractivity contribution >= 4 is 5.78 Å². The van der Waals surface area contributed by atoms with E-state index in [-0.39, 0.29) is 11.8 Å². The quantitative estimate of drug-likeness (QED) is 0.726. The van der Waals surface area contributed by atoms with Crippen molar-refractivity contribution in [3.8, 4) is 0 Å². The van der Waals surface area contributed by atoms with Gasteiger partial charge < -0.3 is 5.73 Å². The molecule has 0 amide bonds. The first-order valence-electron chi connectivity index (χ1n) is 5.58. The molecule has 1 aromatic rings. The standard InChI is InChI=1S/C13H19NO/c1-2-6-12(14)9-10-13(15)11-7-4-3-5-8-11/h3-5,7-8,12H,2,6,9-10,14H2,1H3. The molecule has 82 valence electrons. The number of benzene rings is 1. The van der Waals surface area contributed by atoms with Crippen LogP contribution in [-0.4, -0.2) is 11.8 Å². The van der Waals surface area contributed by atoms with Crippen molar-refractivity contribution in [3.05, 3.63) is 35.9 Å². The van der Waals surface area contributed by atoms with Gasteiger partial charge in [0.15, 0.2) is 5.78 Å². The van der Waals surface area contributed by atoms with E-state index in [4.69, 9.17) is 5.73 Å². The highest BCUT2D eigenvalue weighted by atomic mass is 16.1. The van der Waals surface area contributed by atoms with Crippen molar-refractivity contribution < 1.29 is 4.79 Å². The lowest BCUT2D eigenvalue weighted by atomic mass is 10.0. The summed E-state index contributed by atoms with van der Waals surface area (Å²) in [5.74, 6) is 0.196. The zero-order valence-electron chi connectivity index (χ0n) is 9.28. The van der Waals surface area contributed by atoms with Crippen LogP contribution in [0.15, 0.2) is 30.3 Å². The van der Waals surface area contributed by atoms with Gasteiger partial charge in [-0.05, 0) is 12.8 Å². The molecular formula is C13H19NO. The smallest absolute Gasteiger partial charge is 0.162 e. The minimum Gasteiger partial charge on any atom is -0.328 e. The maximum absolute atomic E-state index is 11.7. The van der Waals surface area contributed by atoms with Crippen LogP contribution in [0, 0.1) is 0 Å². The molecule has 0 aliphatic carbocycles. The van der Waals surface area contributed by atoms with Gasteiger partial charge in [0.1, 0.15) is 0 Å². The minimum atomic E-state index is 0.169. The molecule has 15 heavy (non-hydrogen) atoms. The average molecular weight is 205 g/mol. The zero-order chi connectivity index (χ0) is 11.1. The number of hydrogen-bond donors (Lipinski definition) is 1. The molecule has 0 saturated heterocycles. The second-order valence-electron chi connectivity index (χ2n) is 3.88. The zero-order valence-corrected chi connectivity index (χ0v) is 9.28. The van der Waals surface area contributed by atoms with Gasteiger partial charge in [-0.2, -0.15) is 0 Å². The van der Waals surface area contributed by atoms with Crippen LogP contribution < -0.4 is 5.73 Å². The first kappa shape index (κ1) is 11.9. The van der Waals surface area contributed by atoms with Crippen molar-refractivity contribution in [1.29, 1.82) is 0 Å². The summed E-state index contributed by atoms with van der Waals surface area (Å²) in [5, 5.41) is 0. The van der Waals surface area contributed by atoms with Gasteiger partial charge >= 0.3 is 0 Å². The molecule has 2 heteroatoms. The fourth-order valence-corrected chi connectivity index (χ4v) is 1.60. The molecule has 0 fully saturated rings. The number of Topliss-reactive ketones (excluding diaryl/α,β-unsaturated/α-hetero) is 1. The second-order valence-corrected chi connectivity index (χ2v) is 3.88. The highest BCUT2D eigenvalue weighted by molar-refractivity contribution is 5.95. The number of carbonyl (C=O) groups excluding carboxylic acids is 1. The molecule has 1 aromatic carbocycles. The Kier molecular flexibility index (Phi) is 5.05. The van der Waals surface area contributed by atoms with Gasteiger partial charge in [-0.3, -0.25) is 4.79 Å². The summed E-state index contributed by atoms with van der Waals surface area (Å²) in [4.78, 5) is 11.7. The van der Waals surface area contributed by atoms with Crippen molar-refractivity contribution in [2.24, 2.45) is 5.73 Å². The van der Waals surface area contributed by atoms with Crippen LogP contribution in [0.2, 0.25) is 0 Å². The van der Waals surface area contributed by atoms with Gasteiger partial charge in [0.05, 0.1) is 0 Å². The molecule has 1 rings (SSSR count). The fourth-order valence-electron chi connectivity index (χ4n) is 1.60. The average Bonchev–Trinajstić information content (AvgIpc) is 2.27. The summed E-state index contributed by atoms with van der Waals surface area (Å²) in [6.07, 6.45) is 3.44. The topological polar surface area (TPSA) is 43.1 Å². The van der Waals surface area contributed by atoms with Gasteiger partial charge in [0, 0.05) is 18.0 Å². The van der Waals surface area contributed by atoms with E-state index < -0.39 is 0 Å². The number of hydrogen-bond acceptors (Lipinski definition) is 2. The third kappa shape index (κ3) is 4.26. The summed E-state index contributed by atoms with van der Waals surface area (Å²) in [7, 11) is 0. The first-order valence-corrected chi connectivity index (χ1v) is 5.58. The Morgan fingerprint density at radius 1 is 1.27 bits per heavy atom. The Balaban J connectivity index is 2.37. The van der Waals surface area contributed by atoms with Gasteiger partial charge in [0.2, 0.25) is 0 Å². The molecule has 0 aliphatic rings. The molecule has 1 atom stereocenters. The number of rotatable bonds is 6. The van der Waals surface area contributed by atoms with E-state index in [1.165, 1.54) is 0 Å². The van der Waals surface area contributed by atoms with Crippen LogP contribution in [-0.2, 0) is 0 Å². The summed E-state index contributed by atoms with van der Waals surface area (Å²) in [5.41, 5.74) is 6.65. The van der Waals surface area contributed by atoms with Crippen LogP contribution in [0.3, 0.4) is 0 Å². The largest absolute Gasteiger partial charge is 0.328 e. The summed E-state index contributed by atoms with van der Waals surface area (Å²) >= 11 is 0. The Morgan fingerprint density at radius 3 is 2.53 bits per heavy atom. The first-order chi connectivity index (χ1) is 7.24. The Bertz CT molecular complexity index is 295. The Hall–Kier alpha value is -1.15. The van der Waals surface area contributed by atoms with E-state index in [0.29, 0.717) is 6.42 Å². The molecule has 0 aromatic heterocycles. The van der Waals surface area contributed by atoms with Crippen LogP contribution in [0.1, 0.15) is 43.0 Å². The van der Waals surface area contributed by atoms with Gasteiger partial charge in [-0.1, -0.05) is 43.7 Å². The highest BCUT2D eigenvalue weighted by Crippen LogP contribution is 2.08. The molecule has 0 spiro atoms. The predicted molar refractivity (Wildman–Crippen MR) is 62.9 cm³/mol. The van der Waals surface area contributed by atoms with Gasteiger partial charge in [0.25, 0.3) is 0 Å². The Labute approximate surface area is 91.5 Å². The minimum absolute atomic E-state index is 0.169. The lowest BCUT2D eigenvalue weighted by Gasteiger charge is -2.08. The Morgan fingerprint density at radius 2 is 1.93 bits per heavy atom. The lowest BCUT2D eigenvalue weighted by molar-refractivity contribution is 0.0977. The second kappa shape index (κ2) is 6.36. The SMILES string of the molecule is CCCC(N)CCC(=O)c1ccccc1. The van der Waals surface area contributed by atoms with Crippen molar-refractivity contribution in [2.75, 3.05) is 0 Å². The molecule has 0 heterocycles. The van der Waals surface area contributed by atoms with Crippen molar-refractivity contribution in [1.82, 2.24) is 0 Å². The number of ketones is 1. The molecule has 2 N–H and O–H groups in total. The van der Waals surface area contributed by atoms with Gasteiger partial charge in [-0.25, -0.2) is 0 Å². The lowest BCUT2D eigenvalue weighted by Crippen LogP contribution is -2.20. The maximum atomic E-state index is 11.7. The van der Waals surface area contributed by atoms with Crippen LogP contribution in [0.25, 0.3) is 0 Å². The third-order valence-corrected chi connectivity index (χ3v) is 2.50. The molecule has 2 nitrogen and oxygen atoms in total. The van der Waals surface area contributed by atoms with E-state index >= 15 is 0 Å². The maximum Gasteiger partial charge on any atom is 0.162 e. The monoisotopic (exact) mass is 205 g/mol. The molecule has 1 unspecified atom stereocenters. The van der Waals surface area contributed by atoms with E-state index in [9.17, 15) is 4.79 Å². The van der Waals surface area contributed by atoms with Gasteiger partial charge in [-0.15, -0.1) is 0 Å². The molecular weight excluding hydrogens is 186 g/mol. The van der Waals surface area contributed by atoms with Crippen molar-refractivity contribution in [2.45, 2.75) is 38.6 Å². The van der Waals surface area contributed by atoms with E-state index in [2.05, 4.69) is 6.92 Å². The van der Waals surface area contributed by atoms with E-state index in [1.54, 1.807) is 0 Å². The van der Waals surface area contributed by atoms with Crippen LogP contribution in [0.4, 0.5) is 0 Å². The van der Waals surface area contributed by atoms with E-state index in [1.807, 2.05) is 30.3 Å². The third-order valence-electron chi connectivity index (χ3n) is 2.50. The highest BCUT2D eigenvalue weighted by Gasteiger charge is 2.07. The normalized spacial score (nSPS) is 12.4. The van der Waals surface area contributed by atoms with Crippen LogP contribution >= 0.6 is 0 Å². The van der Waals surface area contributed by atoms with Crippen LogP contribution in [0.5, 0.6) is 0 Å². The summed E-state index contributed by atoms with van der Waals surface area (Å²) in [6.45, 7) is 2.11.